The fourth-order valence-corrected chi connectivity index (χ4v) is 3.10. The van der Waals surface area contributed by atoms with Gasteiger partial charge in [0.1, 0.15) is 5.69 Å². The number of aliphatic imine (C=N–C) groups is 1. The Labute approximate surface area is 143 Å². The van der Waals surface area contributed by atoms with Crippen LogP contribution in [0.3, 0.4) is 0 Å². The van der Waals surface area contributed by atoms with Gasteiger partial charge in [-0.3, -0.25) is 4.99 Å². The van der Waals surface area contributed by atoms with E-state index in [0.29, 0.717) is 12.6 Å². The molecule has 1 fully saturated rings. The summed E-state index contributed by atoms with van der Waals surface area (Å²) in [6.07, 6.45) is 5.00. The average molecular weight is 326 g/mol. The summed E-state index contributed by atoms with van der Waals surface area (Å²) in [5, 5.41) is 11.0. The van der Waals surface area contributed by atoms with E-state index in [2.05, 4.69) is 27.7 Å². The molecule has 1 heterocycles. The third-order valence-electron chi connectivity index (χ3n) is 4.63. The van der Waals surface area contributed by atoms with Gasteiger partial charge in [-0.05, 0) is 31.6 Å². The number of rotatable bonds is 4. The van der Waals surface area contributed by atoms with Gasteiger partial charge in [-0.15, -0.1) is 0 Å². The minimum atomic E-state index is 0.518. The fraction of sp³-hybridized carbons (Fsp3) is 0.474. The van der Waals surface area contributed by atoms with E-state index in [1.54, 1.807) is 7.05 Å². The Morgan fingerprint density at radius 3 is 2.67 bits per heavy atom. The van der Waals surface area contributed by atoms with Gasteiger partial charge >= 0.3 is 0 Å². The molecule has 1 aromatic carbocycles. The quantitative estimate of drug-likeness (QED) is 0.666. The Morgan fingerprint density at radius 2 is 1.96 bits per heavy atom. The van der Waals surface area contributed by atoms with Gasteiger partial charge in [-0.1, -0.05) is 42.4 Å². The van der Waals surface area contributed by atoms with Gasteiger partial charge in [0.15, 0.2) is 11.7 Å². The predicted molar refractivity (Wildman–Crippen MR) is 96.7 cm³/mol. The van der Waals surface area contributed by atoms with E-state index >= 15 is 0 Å². The second kappa shape index (κ2) is 7.99. The minimum absolute atomic E-state index is 0.518. The second-order valence-electron chi connectivity index (χ2n) is 6.58. The normalized spacial score (nSPS) is 21.5. The number of hydrogen-bond donors (Lipinski definition) is 2. The van der Waals surface area contributed by atoms with Crippen LogP contribution in [0, 0.1) is 5.92 Å². The lowest BCUT2D eigenvalue weighted by Gasteiger charge is -2.28. The van der Waals surface area contributed by atoms with Crippen molar-refractivity contribution in [3.05, 3.63) is 42.1 Å². The Bertz CT molecular complexity index is 657. The number of benzene rings is 1. The second-order valence-corrected chi connectivity index (χ2v) is 6.58. The minimum Gasteiger partial charge on any atom is -0.356 e. The Hall–Kier alpha value is -2.30. The molecular weight excluding hydrogens is 300 g/mol. The fourth-order valence-electron chi connectivity index (χ4n) is 3.10. The number of guanidine groups is 1. The molecule has 0 amide bonds. The van der Waals surface area contributed by atoms with E-state index in [1.807, 2.05) is 36.4 Å². The smallest absolute Gasteiger partial charge is 0.191 e. The standard InChI is InChI=1S/C19H26N4O/c1-14-8-10-16(11-9-14)22-19(20-2)21-13-17-12-18(24-23-17)15-6-4-3-5-7-15/h3-7,12,14,16H,8-11,13H2,1-2H3,(H2,20,21,22). The summed E-state index contributed by atoms with van der Waals surface area (Å²) in [6.45, 7) is 2.93. The van der Waals surface area contributed by atoms with Crippen molar-refractivity contribution in [1.29, 1.82) is 0 Å². The number of hydrogen-bond acceptors (Lipinski definition) is 3. The summed E-state index contributed by atoms with van der Waals surface area (Å²) in [5.74, 6) is 2.47. The highest BCUT2D eigenvalue weighted by Crippen LogP contribution is 2.23. The van der Waals surface area contributed by atoms with Crippen LogP contribution in [0.2, 0.25) is 0 Å². The van der Waals surface area contributed by atoms with Gasteiger partial charge in [0.2, 0.25) is 0 Å². The first-order valence-corrected chi connectivity index (χ1v) is 8.73. The van der Waals surface area contributed by atoms with Gasteiger partial charge in [-0.2, -0.15) is 0 Å². The van der Waals surface area contributed by atoms with Crippen LogP contribution in [0.1, 0.15) is 38.3 Å². The summed E-state index contributed by atoms with van der Waals surface area (Å²) in [5.41, 5.74) is 1.91. The van der Waals surface area contributed by atoms with Crippen LogP contribution in [0.5, 0.6) is 0 Å². The third kappa shape index (κ3) is 4.37. The molecule has 5 heteroatoms. The van der Waals surface area contributed by atoms with Crippen molar-refractivity contribution in [1.82, 2.24) is 15.8 Å². The molecule has 128 valence electrons. The topological polar surface area (TPSA) is 62.5 Å². The molecule has 0 atom stereocenters. The number of aromatic nitrogens is 1. The molecule has 0 spiro atoms. The van der Waals surface area contributed by atoms with Crippen LogP contribution in [0.15, 0.2) is 45.9 Å². The molecule has 5 nitrogen and oxygen atoms in total. The van der Waals surface area contributed by atoms with E-state index < -0.39 is 0 Å². The molecule has 1 aromatic heterocycles. The molecule has 2 N–H and O–H groups in total. The maximum Gasteiger partial charge on any atom is 0.191 e. The first-order valence-electron chi connectivity index (χ1n) is 8.73. The molecule has 2 aromatic rings. The SMILES string of the molecule is CN=C(NCc1cc(-c2ccccc2)on1)NC1CCC(C)CC1. The number of nitrogens with one attached hydrogen (secondary N) is 2. The van der Waals surface area contributed by atoms with Gasteiger partial charge < -0.3 is 15.2 Å². The first-order chi connectivity index (χ1) is 11.7. The summed E-state index contributed by atoms with van der Waals surface area (Å²) in [4.78, 5) is 4.32. The lowest BCUT2D eigenvalue weighted by Crippen LogP contribution is -2.44. The van der Waals surface area contributed by atoms with Crippen LogP contribution in [0.4, 0.5) is 0 Å². The predicted octanol–water partition coefficient (Wildman–Crippen LogP) is 3.59. The van der Waals surface area contributed by atoms with Crippen molar-refractivity contribution < 1.29 is 4.52 Å². The highest BCUT2D eigenvalue weighted by Gasteiger charge is 2.19. The van der Waals surface area contributed by atoms with Crippen LogP contribution < -0.4 is 10.6 Å². The van der Waals surface area contributed by atoms with Crippen molar-refractivity contribution >= 4 is 5.96 Å². The van der Waals surface area contributed by atoms with Crippen molar-refractivity contribution in [2.45, 2.75) is 45.2 Å². The van der Waals surface area contributed by atoms with Gasteiger partial charge in [0.25, 0.3) is 0 Å². The van der Waals surface area contributed by atoms with Gasteiger partial charge in [-0.25, -0.2) is 0 Å². The Balaban J connectivity index is 1.52. The monoisotopic (exact) mass is 326 g/mol. The van der Waals surface area contributed by atoms with E-state index in [9.17, 15) is 0 Å². The Kier molecular flexibility index (Phi) is 5.51. The largest absolute Gasteiger partial charge is 0.356 e. The molecule has 3 rings (SSSR count). The van der Waals surface area contributed by atoms with Crippen LogP contribution in [-0.2, 0) is 6.54 Å². The summed E-state index contributed by atoms with van der Waals surface area (Å²) in [6, 6.07) is 12.5. The van der Waals surface area contributed by atoms with E-state index in [1.165, 1.54) is 25.7 Å². The molecule has 0 radical (unpaired) electrons. The molecule has 0 aliphatic heterocycles. The molecule has 1 aliphatic carbocycles. The zero-order valence-electron chi connectivity index (χ0n) is 14.5. The first kappa shape index (κ1) is 16.6. The molecule has 1 aliphatic rings. The van der Waals surface area contributed by atoms with Crippen molar-refractivity contribution in [2.75, 3.05) is 7.05 Å². The number of nitrogens with zero attached hydrogens (tertiary/aromatic N) is 2. The summed E-state index contributed by atoms with van der Waals surface area (Å²) < 4.78 is 5.43. The third-order valence-corrected chi connectivity index (χ3v) is 4.63. The van der Waals surface area contributed by atoms with E-state index in [-0.39, 0.29) is 0 Å². The molecule has 0 saturated heterocycles. The zero-order valence-corrected chi connectivity index (χ0v) is 14.5. The van der Waals surface area contributed by atoms with E-state index in [4.69, 9.17) is 4.52 Å². The van der Waals surface area contributed by atoms with Crippen LogP contribution in [-0.4, -0.2) is 24.2 Å². The Morgan fingerprint density at radius 1 is 1.21 bits per heavy atom. The lowest BCUT2D eigenvalue weighted by atomic mass is 9.87. The molecule has 0 bridgehead atoms. The molecule has 1 saturated carbocycles. The van der Waals surface area contributed by atoms with Crippen molar-refractivity contribution in [3.63, 3.8) is 0 Å². The van der Waals surface area contributed by atoms with Crippen LogP contribution in [0.25, 0.3) is 11.3 Å². The van der Waals surface area contributed by atoms with E-state index in [0.717, 1.165) is 28.9 Å². The van der Waals surface area contributed by atoms with Gasteiger partial charge in [0, 0.05) is 24.7 Å². The average Bonchev–Trinajstić information content (AvgIpc) is 3.10. The summed E-state index contributed by atoms with van der Waals surface area (Å²) in [7, 11) is 1.80. The van der Waals surface area contributed by atoms with Crippen LogP contribution >= 0.6 is 0 Å². The highest BCUT2D eigenvalue weighted by atomic mass is 16.5. The maximum atomic E-state index is 5.43. The lowest BCUT2D eigenvalue weighted by molar-refractivity contribution is 0.329. The summed E-state index contributed by atoms with van der Waals surface area (Å²) >= 11 is 0. The zero-order chi connectivity index (χ0) is 16.8. The molecule has 0 unspecified atom stereocenters. The molecule has 24 heavy (non-hydrogen) atoms. The highest BCUT2D eigenvalue weighted by molar-refractivity contribution is 5.79. The molecular formula is C19H26N4O. The van der Waals surface area contributed by atoms with Crippen molar-refractivity contribution in [2.24, 2.45) is 10.9 Å². The van der Waals surface area contributed by atoms with Gasteiger partial charge in [0.05, 0.1) is 6.54 Å². The van der Waals surface area contributed by atoms with Crippen molar-refractivity contribution in [3.8, 4) is 11.3 Å². The maximum absolute atomic E-state index is 5.43.